The van der Waals surface area contributed by atoms with E-state index in [0.29, 0.717) is 12.0 Å². The molecule has 0 amide bonds. The summed E-state index contributed by atoms with van der Waals surface area (Å²) in [6.45, 7) is 3.92. The Bertz CT molecular complexity index is 386. The zero-order chi connectivity index (χ0) is 12.3. The average Bonchev–Trinajstić information content (AvgIpc) is 2.71. The molecule has 0 bridgehead atoms. The van der Waals surface area contributed by atoms with Crippen molar-refractivity contribution < 1.29 is 4.39 Å². The summed E-state index contributed by atoms with van der Waals surface area (Å²) in [5.74, 6) is -0.128. The molecule has 94 valence electrons. The van der Waals surface area contributed by atoms with Gasteiger partial charge in [-0.05, 0) is 36.5 Å². The van der Waals surface area contributed by atoms with Crippen LogP contribution in [0.25, 0.3) is 0 Å². The van der Waals surface area contributed by atoms with Gasteiger partial charge in [0.05, 0.1) is 0 Å². The van der Waals surface area contributed by atoms with E-state index in [1.165, 1.54) is 31.7 Å². The molecule has 17 heavy (non-hydrogen) atoms. The highest BCUT2D eigenvalue weighted by atomic mass is 79.9. The van der Waals surface area contributed by atoms with E-state index in [2.05, 4.69) is 28.2 Å². The van der Waals surface area contributed by atoms with E-state index in [4.69, 9.17) is 0 Å². The molecule has 0 saturated heterocycles. The van der Waals surface area contributed by atoms with Crippen LogP contribution in [0, 0.1) is 11.2 Å². The normalized spacial score (nSPS) is 18.5. The van der Waals surface area contributed by atoms with Crippen LogP contribution < -0.4 is 5.32 Å². The fourth-order valence-electron chi connectivity index (χ4n) is 2.58. The van der Waals surface area contributed by atoms with Crippen LogP contribution >= 0.6 is 15.9 Å². The number of rotatable bonds is 4. The standard InChI is InChI=1S/C14H19BrFN/c1-14(6-2-3-7-14)10-17-9-11-8-12(15)4-5-13(11)16/h4-5,8,17H,2-3,6-7,9-10H2,1H3. The molecule has 0 heterocycles. The van der Waals surface area contributed by atoms with Gasteiger partial charge in [-0.15, -0.1) is 0 Å². The van der Waals surface area contributed by atoms with E-state index in [0.717, 1.165) is 16.6 Å². The van der Waals surface area contributed by atoms with Crippen molar-refractivity contribution in [1.82, 2.24) is 5.32 Å². The van der Waals surface area contributed by atoms with Gasteiger partial charge in [-0.25, -0.2) is 4.39 Å². The number of halogens is 2. The fourth-order valence-corrected chi connectivity index (χ4v) is 2.99. The molecule has 0 radical (unpaired) electrons. The molecule has 1 saturated carbocycles. The van der Waals surface area contributed by atoms with Crippen LogP contribution in [0.15, 0.2) is 22.7 Å². The van der Waals surface area contributed by atoms with Crippen LogP contribution in [-0.2, 0) is 6.54 Å². The lowest BCUT2D eigenvalue weighted by Gasteiger charge is -2.23. The highest BCUT2D eigenvalue weighted by Gasteiger charge is 2.27. The third-order valence-corrected chi connectivity index (χ3v) is 4.18. The summed E-state index contributed by atoms with van der Waals surface area (Å²) in [7, 11) is 0. The fraction of sp³-hybridized carbons (Fsp3) is 0.571. The number of hydrogen-bond donors (Lipinski definition) is 1. The Morgan fingerprint density at radius 1 is 1.35 bits per heavy atom. The van der Waals surface area contributed by atoms with Crippen molar-refractivity contribution >= 4 is 15.9 Å². The highest BCUT2D eigenvalue weighted by Crippen LogP contribution is 2.36. The molecular weight excluding hydrogens is 281 g/mol. The summed E-state index contributed by atoms with van der Waals surface area (Å²) in [5, 5.41) is 3.39. The molecule has 1 fully saturated rings. The van der Waals surface area contributed by atoms with Gasteiger partial charge in [-0.1, -0.05) is 35.7 Å². The zero-order valence-corrected chi connectivity index (χ0v) is 11.8. The largest absolute Gasteiger partial charge is 0.312 e. The molecule has 0 spiro atoms. The molecule has 0 unspecified atom stereocenters. The monoisotopic (exact) mass is 299 g/mol. The molecular formula is C14H19BrFN. The zero-order valence-electron chi connectivity index (χ0n) is 10.2. The molecule has 1 nitrogen and oxygen atoms in total. The summed E-state index contributed by atoms with van der Waals surface area (Å²) >= 11 is 3.37. The maximum absolute atomic E-state index is 13.5. The van der Waals surface area contributed by atoms with Gasteiger partial charge in [0.1, 0.15) is 5.82 Å². The van der Waals surface area contributed by atoms with Gasteiger partial charge in [-0.2, -0.15) is 0 Å². The molecule has 1 aliphatic carbocycles. The van der Waals surface area contributed by atoms with Gasteiger partial charge in [0.25, 0.3) is 0 Å². The molecule has 1 aliphatic rings. The minimum atomic E-state index is -0.128. The van der Waals surface area contributed by atoms with Crippen LogP contribution in [0.5, 0.6) is 0 Å². The Hall–Kier alpha value is -0.410. The van der Waals surface area contributed by atoms with Gasteiger partial charge in [-0.3, -0.25) is 0 Å². The number of benzene rings is 1. The Labute approximate surface area is 111 Å². The first-order valence-electron chi connectivity index (χ1n) is 6.24. The Morgan fingerprint density at radius 2 is 2.06 bits per heavy atom. The smallest absolute Gasteiger partial charge is 0.127 e. The van der Waals surface area contributed by atoms with Crippen molar-refractivity contribution in [2.24, 2.45) is 5.41 Å². The molecule has 1 aromatic carbocycles. The van der Waals surface area contributed by atoms with E-state index >= 15 is 0 Å². The van der Waals surface area contributed by atoms with Crippen molar-refractivity contribution in [3.05, 3.63) is 34.1 Å². The van der Waals surface area contributed by atoms with Crippen LogP contribution in [0.3, 0.4) is 0 Å². The van der Waals surface area contributed by atoms with Crippen LogP contribution in [-0.4, -0.2) is 6.54 Å². The maximum atomic E-state index is 13.5. The van der Waals surface area contributed by atoms with Crippen molar-refractivity contribution in [2.75, 3.05) is 6.54 Å². The highest BCUT2D eigenvalue weighted by molar-refractivity contribution is 9.10. The van der Waals surface area contributed by atoms with Crippen LogP contribution in [0.2, 0.25) is 0 Å². The predicted octanol–water partition coefficient (Wildman–Crippen LogP) is 4.26. The number of nitrogens with one attached hydrogen (secondary N) is 1. The molecule has 0 aromatic heterocycles. The lowest BCUT2D eigenvalue weighted by Crippen LogP contribution is -2.29. The first-order chi connectivity index (χ1) is 8.09. The lowest BCUT2D eigenvalue weighted by molar-refractivity contribution is 0.314. The first kappa shape index (κ1) is 13.0. The van der Waals surface area contributed by atoms with Crippen molar-refractivity contribution in [1.29, 1.82) is 0 Å². The van der Waals surface area contributed by atoms with Crippen molar-refractivity contribution in [3.63, 3.8) is 0 Å². The Balaban J connectivity index is 1.87. The number of hydrogen-bond acceptors (Lipinski definition) is 1. The summed E-state index contributed by atoms with van der Waals surface area (Å²) in [6.07, 6.45) is 5.26. The quantitative estimate of drug-likeness (QED) is 0.876. The SMILES string of the molecule is CC1(CNCc2cc(Br)ccc2F)CCCC1. The first-order valence-corrected chi connectivity index (χ1v) is 7.03. The second-order valence-electron chi connectivity index (χ2n) is 5.36. The summed E-state index contributed by atoms with van der Waals surface area (Å²) in [6, 6.07) is 5.09. The summed E-state index contributed by atoms with van der Waals surface area (Å²) < 4.78 is 14.4. The van der Waals surface area contributed by atoms with Crippen LogP contribution in [0.4, 0.5) is 4.39 Å². The van der Waals surface area contributed by atoms with Crippen molar-refractivity contribution in [3.8, 4) is 0 Å². The molecule has 0 aliphatic heterocycles. The van der Waals surface area contributed by atoms with E-state index in [9.17, 15) is 4.39 Å². The molecule has 3 heteroatoms. The Morgan fingerprint density at radius 3 is 2.76 bits per heavy atom. The molecule has 0 atom stereocenters. The lowest BCUT2D eigenvalue weighted by atomic mass is 9.89. The second kappa shape index (κ2) is 5.49. The average molecular weight is 300 g/mol. The van der Waals surface area contributed by atoms with Gasteiger partial charge >= 0.3 is 0 Å². The van der Waals surface area contributed by atoms with Gasteiger partial charge in [0.2, 0.25) is 0 Å². The van der Waals surface area contributed by atoms with E-state index < -0.39 is 0 Å². The van der Waals surface area contributed by atoms with Gasteiger partial charge < -0.3 is 5.32 Å². The van der Waals surface area contributed by atoms with E-state index in [1.807, 2.05) is 6.07 Å². The van der Waals surface area contributed by atoms with E-state index in [1.54, 1.807) is 6.07 Å². The van der Waals surface area contributed by atoms with E-state index in [-0.39, 0.29) is 5.82 Å². The minimum absolute atomic E-state index is 0.128. The third-order valence-electron chi connectivity index (χ3n) is 3.69. The Kier molecular flexibility index (Phi) is 4.21. The molecule has 1 N–H and O–H groups in total. The topological polar surface area (TPSA) is 12.0 Å². The van der Waals surface area contributed by atoms with Crippen molar-refractivity contribution in [2.45, 2.75) is 39.2 Å². The third kappa shape index (κ3) is 3.52. The molecule has 2 rings (SSSR count). The minimum Gasteiger partial charge on any atom is -0.312 e. The summed E-state index contributed by atoms with van der Waals surface area (Å²) in [4.78, 5) is 0. The van der Waals surface area contributed by atoms with Gasteiger partial charge in [0.15, 0.2) is 0 Å². The maximum Gasteiger partial charge on any atom is 0.127 e. The van der Waals surface area contributed by atoms with Gasteiger partial charge in [0, 0.05) is 23.1 Å². The van der Waals surface area contributed by atoms with Crippen LogP contribution in [0.1, 0.15) is 38.2 Å². The second-order valence-corrected chi connectivity index (χ2v) is 6.27. The predicted molar refractivity (Wildman–Crippen MR) is 72.4 cm³/mol. The summed E-state index contributed by atoms with van der Waals surface area (Å²) in [5.41, 5.74) is 1.16. The molecule has 1 aromatic rings.